The lowest BCUT2D eigenvalue weighted by molar-refractivity contribution is 0.537. The lowest BCUT2D eigenvalue weighted by Crippen LogP contribution is -1.77. The van der Waals surface area contributed by atoms with Crippen LogP contribution in [-0.4, -0.2) is 4.98 Å². The van der Waals surface area contributed by atoms with Gasteiger partial charge in [0.15, 0.2) is 0 Å². The van der Waals surface area contributed by atoms with E-state index in [1.807, 2.05) is 0 Å². The van der Waals surface area contributed by atoms with Crippen LogP contribution in [0.2, 0.25) is 10.0 Å². The lowest BCUT2D eigenvalue weighted by atomic mass is 10.2. The van der Waals surface area contributed by atoms with Gasteiger partial charge in [-0.3, -0.25) is 0 Å². The van der Waals surface area contributed by atoms with Crippen molar-refractivity contribution < 1.29 is 4.42 Å². The van der Waals surface area contributed by atoms with Crippen LogP contribution in [0.15, 0.2) is 28.8 Å². The van der Waals surface area contributed by atoms with Crippen LogP contribution in [-0.2, 0) is 5.88 Å². The van der Waals surface area contributed by atoms with E-state index in [1.54, 1.807) is 24.4 Å². The first-order chi connectivity index (χ1) is 7.19. The molecule has 1 heterocycles. The highest BCUT2D eigenvalue weighted by atomic mass is 35.5. The van der Waals surface area contributed by atoms with E-state index in [-0.39, 0.29) is 0 Å². The van der Waals surface area contributed by atoms with Crippen LogP contribution in [0.3, 0.4) is 0 Å². The van der Waals surface area contributed by atoms with Crippen molar-refractivity contribution in [3.8, 4) is 11.5 Å². The normalized spacial score (nSPS) is 10.6. The second-order valence-corrected chi connectivity index (χ2v) is 4.06. The molecule has 0 spiro atoms. The third-order valence-corrected chi connectivity index (χ3v) is 2.49. The Morgan fingerprint density at radius 2 is 1.80 bits per heavy atom. The predicted octanol–water partition coefficient (Wildman–Crippen LogP) is 4.39. The van der Waals surface area contributed by atoms with E-state index >= 15 is 0 Å². The van der Waals surface area contributed by atoms with Crippen molar-refractivity contribution in [3.63, 3.8) is 0 Å². The Balaban J connectivity index is 2.44. The molecule has 78 valence electrons. The minimum absolute atomic E-state index is 0.293. The summed E-state index contributed by atoms with van der Waals surface area (Å²) in [5, 5.41) is 1.09. The lowest BCUT2D eigenvalue weighted by Gasteiger charge is -1.98. The standard InChI is InChI=1S/C10H6Cl3NO/c11-4-9-5-14-10(15-9)6-1-7(12)3-8(13)2-6/h1-3,5H,4H2. The Bertz CT molecular complexity index is 461. The highest BCUT2D eigenvalue weighted by molar-refractivity contribution is 6.35. The summed E-state index contributed by atoms with van der Waals surface area (Å²) in [6, 6.07) is 5.12. The topological polar surface area (TPSA) is 26.0 Å². The van der Waals surface area contributed by atoms with Crippen molar-refractivity contribution in [1.82, 2.24) is 4.98 Å². The molecule has 0 saturated heterocycles. The van der Waals surface area contributed by atoms with Crippen LogP contribution in [0.1, 0.15) is 5.76 Å². The SMILES string of the molecule is ClCc1cnc(-c2cc(Cl)cc(Cl)c2)o1. The van der Waals surface area contributed by atoms with E-state index in [0.29, 0.717) is 27.6 Å². The molecule has 2 nitrogen and oxygen atoms in total. The first kappa shape index (κ1) is 10.8. The van der Waals surface area contributed by atoms with Crippen molar-refractivity contribution in [3.05, 3.63) is 40.2 Å². The van der Waals surface area contributed by atoms with Crippen LogP contribution in [0, 0.1) is 0 Å². The molecule has 0 aliphatic rings. The molecular formula is C10H6Cl3NO. The molecule has 0 aliphatic carbocycles. The molecule has 15 heavy (non-hydrogen) atoms. The zero-order valence-electron chi connectivity index (χ0n) is 7.51. The molecule has 2 rings (SSSR count). The molecule has 0 radical (unpaired) electrons. The summed E-state index contributed by atoms with van der Waals surface area (Å²) in [6.45, 7) is 0. The molecular weight excluding hydrogens is 256 g/mol. The fourth-order valence-corrected chi connectivity index (χ4v) is 1.83. The van der Waals surface area contributed by atoms with Gasteiger partial charge < -0.3 is 4.42 Å². The average Bonchev–Trinajstić information content (AvgIpc) is 2.64. The molecule has 0 saturated carbocycles. The number of aromatic nitrogens is 1. The second-order valence-electron chi connectivity index (χ2n) is 2.92. The van der Waals surface area contributed by atoms with Crippen LogP contribution >= 0.6 is 34.8 Å². The molecule has 2 aromatic rings. The van der Waals surface area contributed by atoms with Gasteiger partial charge in [-0.1, -0.05) is 23.2 Å². The van der Waals surface area contributed by atoms with E-state index in [9.17, 15) is 0 Å². The average molecular weight is 263 g/mol. The molecule has 1 aromatic carbocycles. The van der Waals surface area contributed by atoms with Crippen molar-refractivity contribution in [2.45, 2.75) is 5.88 Å². The van der Waals surface area contributed by atoms with Crippen LogP contribution in [0.5, 0.6) is 0 Å². The van der Waals surface area contributed by atoms with Gasteiger partial charge in [0.25, 0.3) is 0 Å². The third kappa shape index (κ3) is 2.46. The number of benzene rings is 1. The number of rotatable bonds is 2. The van der Waals surface area contributed by atoms with Gasteiger partial charge in [-0.05, 0) is 18.2 Å². The summed E-state index contributed by atoms with van der Waals surface area (Å²) in [6.07, 6.45) is 1.58. The van der Waals surface area contributed by atoms with Gasteiger partial charge >= 0.3 is 0 Å². The number of hydrogen-bond donors (Lipinski definition) is 0. The first-order valence-corrected chi connectivity index (χ1v) is 5.45. The van der Waals surface area contributed by atoms with Crippen LogP contribution < -0.4 is 0 Å². The summed E-state index contributed by atoms with van der Waals surface area (Å²) >= 11 is 17.3. The molecule has 0 unspecified atom stereocenters. The monoisotopic (exact) mass is 261 g/mol. The molecule has 0 atom stereocenters. The molecule has 0 amide bonds. The maximum atomic E-state index is 5.86. The Morgan fingerprint density at radius 3 is 2.33 bits per heavy atom. The van der Waals surface area contributed by atoms with Crippen molar-refractivity contribution in [1.29, 1.82) is 0 Å². The van der Waals surface area contributed by atoms with Gasteiger partial charge in [-0.25, -0.2) is 4.98 Å². The molecule has 0 N–H and O–H groups in total. The van der Waals surface area contributed by atoms with E-state index in [2.05, 4.69) is 4.98 Å². The highest BCUT2D eigenvalue weighted by Gasteiger charge is 2.07. The van der Waals surface area contributed by atoms with Crippen LogP contribution in [0.4, 0.5) is 0 Å². The van der Waals surface area contributed by atoms with E-state index in [4.69, 9.17) is 39.2 Å². The largest absolute Gasteiger partial charge is 0.440 e. The minimum Gasteiger partial charge on any atom is -0.440 e. The Kier molecular flexibility index (Phi) is 3.19. The maximum absolute atomic E-state index is 5.86. The molecule has 1 aromatic heterocycles. The second kappa shape index (κ2) is 4.44. The smallest absolute Gasteiger partial charge is 0.226 e. The summed E-state index contributed by atoms with van der Waals surface area (Å²) in [5.74, 6) is 1.37. The highest BCUT2D eigenvalue weighted by Crippen LogP contribution is 2.27. The summed E-state index contributed by atoms with van der Waals surface area (Å²) < 4.78 is 5.37. The van der Waals surface area contributed by atoms with Crippen LogP contribution in [0.25, 0.3) is 11.5 Å². The molecule has 0 fully saturated rings. The van der Waals surface area contributed by atoms with Crippen molar-refractivity contribution in [2.75, 3.05) is 0 Å². The number of alkyl halides is 1. The quantitative estimate of drug-likeness (QED) is 0.750. The van der Waals surface area contributed by atoms with Gasteiger partial charge in [-0.15, -0.1) is 11.6 Å². The van der Waals surface area contributed by atoms with Gasteiger partial charge in [0.1, 0.15) is 5.76 Å². The number of oxazole rings is 1. The van der Waals surface area contributed by atoms with Gasteiger partial charge in [0.05, 0.1) is 12.1 Å². The fourth-order valence-electron chi connectivity index (χ4n) is 1.18. The van der Waals surface area contributed by atoms with E-state index < -0.39 is 0 Å². The Morgan fingerprint density at radius 1 is 1.13 bits per heavy atom. The fraction of sp³-hybridized carbons (Fsp3) is 0.100. The summed E-state index contributed by atoms with van der Waals surface area (Å²) in [5.41, 5.74) is 0.740. The van der Waals surface area contributed by atoms with Gasteiger partial charge in [-0.2, -0.15) is 0 Å². The van der Waals surface area contributed by atoms with Crippen molar-refractivity contribution in [2.24, 2.45) is 0 Å². The number of halogens is 3. The zero-order valence-corrected chi connectivity index (χ0v) is 9.77. The summed E-state index contributed by atoms with van der Waals surface area (Å²) in [7, 11) is 0. The summed E-state index contributed by atoms with van der Waals surface area (Å²) in [4.78, 5) is 4.07. The predicted molar refractivity (Wildman–Crippen MR) is 61.5 cm³/mol. The molecule has 0 aliphatic heterocycles. The number of hydrogen-bond acceptors (Lipinski definition) is 2. The molecule has 0 bridgehead atoms. The van der Waals surface area contributed by atoms with Gasteiger partial charge in [0, 0.05) is 15.6 Å². The Labute approximate surface area is 102 Å². The third-order valence-electron chi connectivity index (χ3n) is 1.79. The first-order valence-electron chi connectivity index (χ1n) is 4.16. The van der Waals surface area contributed by atoms with Gasteiger partial charge in [0.2, 0.25) is 5.89 Å². The van der Waals surface area contributed by atoms with Crippen molar-refractivity contribution >= 4 is 34.8 Å². The Hall–Kier alpha value is -0.700. The molecule has 5 heteroatoms. The maximum Gasteiger partial charge on any atom is 0.226 e. The zero-order chi connectivity index (χ0) is 10.8. The van der Waals surface area contributed by atoms with E-state index in [1.165, 1.54) is 0 Å². The minimum atomic E-state index is 0.293. The number of nitrogens with zero attached hydrogens (tertiary/aromatic N) is 1. The van der Waals surface area contributed by atoms with E-state index in [0.717, 1.165) is 5.56 Å².